The largest absolute Gasteiger partial charge is 0.0836 e. The van der Waals surface area contributed by atoms with E-state index >= 15 is 0 Å². The predicted molar refractivity (Wildman–Crippen MR) is 83.0 cm³/mol. The third-order valence-electron chi connectivity index (χ3n) is 4.21. The molecule has 0 amide bonds. The van der Waals surface area contributed by atoms with E-state index in [-0.39, 0.29) is 0 Å². The van der Waals surface area contributed by atoms with Gasteiger partial charge in [-0.2, -0.15) is 0 Å². The van der Waals surface area contributed by atoms with Crippen molar-refractivity contribution in [3.05, 3.63) is 64.8 Å². The minimum atomic E-state index is 1.17. The Morgan fingerprint density at radius 3 is 2.89 bits per heavy atom. The zero-order valence-electron chi connectivity index (χ0n) is 11.8. The maximum atomic E-state index is 2.45. The minimum Gasteiger partial charge on any atom is -0.0836 e. The smallest absolute Gasteiger partial charge is 0.0149 e. The summed E-state index contributed by atoms with van der Waals surface area (Å²) in [6, 6.07) is 8.96. The number of rotatable bonds is 2. The molecule has 0 heterocycles. The Morgan fingerprint density at radius 1 is 1.11 bits per heavy atom. The summed E-state index contributed by atoms with van der Waals surface area (Å²) in [4.78, 5) is 0. The Labute approximate surface area is 116 Å². The Balaban J connectivity index is 2.13. The Morgan fingerprint density at radius 2 is 2.00 bits per heavy atom. The van der Waals surface area contributed by atoms with Gasteiger partial charge in [0.15, 0.2) is 0 Å². The number of unbranched alkanes of at least 4 members (excludes halogenated alkanes) is 1. The second-order valence-electron chi connectivity index (χ2n) is 5.52. The first-order valence-corrected chi connectivity index (χ1v) is 7.57. The number of fused-ring (bicyclic) bond motifs is 1. The summed E-state index contributed by atoms with van der Waals surface area (Å²) < 4.78 is 0. The molecule has 0 bridgehead atoms. The molecule has 0 unspecified atom stereocenters. The van der Waals surface area contributed by atoms with Crippen LogP contribution < -0.4 is 0 Å². The summed E-state index contributed by atoms with van der Waals surface area (Å²) in [7, 11) is 0. The number of allylic oxidation sites excluding steroid dienone is 6. The van der Waals surface area contributed by atoms with Gasteiger partial charge in [-0.15, -0.1) is 0 Å². The van der Waals surface area contributed by atoms with Crippen LogP contribution in [0.1, 0.15) is 50.2 Å². The van der Waals surface area contributed by atoms with E-state index in [4.69, 9.17) is 0 Å². The number of aryl methyl sites for hydroxylation is 1. The van der Waals surface area contributed by atoms with Crippen molar-refractivity contribution >= 4 is 5.57 Å². The molecule has 2 aliphatic rings. The zero-order chi connectivity index (χ0) is 13.1. The number of hydrogen-bond donors (Lipinski definition) is 0. The molecule has 0 aromatic heterocycles. The maximum Gasteiger partial charge on any atom is -0.0149 e. The fourth-order valence-electron chi connectivity index (χ4n) is 3.19. The van der Waals surface area contributed by atoms with Crippen LogP contribution in [-0.4, -0.2) is 0 Å². The van der Waals surface area contributed by atoms with Crippen molar-refractivity contribution in [2.24, 2.45) is 0 Å². The molecular weight excluding hydrogens is 228 g/mol. The zero-order valence-corrected chi connectivity index (χ0v) is 11.8. The number of hydrogen-bond acceptors (Lipinski definition) is 0. The van der Waals surface area contributed by atoms with E-state index in [9.17, 15) is 0 Å². The van der Waals surface area contributed by atoms with Gasteiger partial charge >= 0.3 is 0 Å². The summed E-state index contributed by atoms with van der Waals surface area (Å²) in [5.74, 6) is 0. The highest BCUT2D eigenvalue weighted by Crippen LogP contribution is 2.38. The van der Waals surface area contributed by atoms with E-state index in [1.165, 1.54) is 60.8 Å². The highest BCUT2D eigenvalue weighted by Gasteiger charge is 2.19. The molecule has 0 heteroatoms. The monoisotopic (exact) mass is 250 g/mol. The van der Waals surface area contributed by atoms with Crippen LogP contribution in [0.3, 0.4) is 0 Å². The fourth-order valence-corrected chi connectivity index (χ4v) is 3.19. The van der Waals surface area contributed by atoms with Crippen molar-refractivity contribution in [3.63, 3.8) is 0 Å². The van der Waals surface area contributed by atoms with E-state index in [1.807, 2.05) is 0 Å². The molecule has 0 radical (unpaired) electrons. The van der Waals surface area contributed by atoms with Crippen molar-refractivity contribution in [3.8, 4) is 0 Å². The lowest BCUT2D eigenvalue weighted by molar-refractivity contribution is 0.838. The first kappa shape index (κ1) is 12.5. The van der Waals surface area contributed by atoms with Crippen molar-refractivity contribution in [2.75, 3.05) is 0 Å². The third-order valence-corrected chi connectivity index (χ3v) is 4.21. The van der Waals surface area contributed by atoms with E-state index < -0.39 is 0 Å². The van der Waals surface area contributed by atoms with Crippen molar-refractivity contribution in [1.29, 1.82) is 0 Å². The molecule has 1 aromatic carbocycles. The van der Waals surface area contributed by atoms with Gasteiger partial charge in [-0.3, -0.25) is 0 Å². The third kappa shape index (κ3) is 2.45. The lowest BCUT2D eigenvalue weighted by Crippen LogP contribution is -1.96. The van der Waals surface area contributed by atoms with Gasteiger partial charge in [0, 0.05) is 0 Å². The quantitative estimate of drug-likeness (QED) is 0.653. The van der Waals surface area contributed by atoms with Gasteiger partial charge in [-0.25, -0.2) is 0 Å². The van der Waals surface area contributed by atoms with E-state index in [1.54, 1.807) is 5.57 Å². The van der Waals surface area contributed by atoms with Crippen LogP contribution in [-0.2, 0) is 6.42 Å². The van der Waals surface area contributed by atoms with Gasteiger partial charge in [0.1, 0.15) is 0 Å². The summed E-state index contributed by atoms with van der Waals surface area (Å²) in [6.07, 6.45) is 14.5. The van der Waals surface area contributed by atoms with Gasteiger partial charge in [-0.05, 0) is 54.4 Å². The van der Waals surface area contributed by atoms with Gasteiger partial charge in [0.05, 0.1) is 0 Å². The summed E-state index contributed by atoms with van der Waals surface area (Å²) in [6.45, 7) is 2.26. The topological polar surface area (TPSA) is 0 Å². The molecule has 2 aliphatic carbocycles. The average Bonchev–Trinajstić information content (AvgIpc) is 2.62. The van der Waals surface area contributed by atoms with Crippen LogP contribution in [0.5, 0.6) is 0 Å². The molecule has 19 heavy (non-hydrogen) atoms. The normalized spacial score (nSPS) is 20.2. The molecule has 0 spiro atoms. The van der Waals surface area contributed by atoms with E-state index in [0.717, 1.165) is 0 Å². The van der Waals surface area contributed by atoms with Gasteiger partial charge < -0.3 is 0 Å². The van der Waals surface area contributed by atoms with Crippen LogP contribution in [0, 0.1) is 0 Å². The number of benzene rings is 1. The van der Waals surface area contributed by atoms with Crippen LogP contribution >= 0.6 is 0 Å². The molecule has 0 nitrogen and oxygen atoms in total. The Bertz CT molecular complexity index is 555. The van der Waals surface area contributed by atoms with Gasteiger partial charge in [0.2, 0.25) is 0 Å². The minimum absolute atomic E-state index is 1.17. The Kier molecular flexibility index (Phi) is 3.68. The highest BCUT2D eigenvalue weighted by atomic mass is 14.2. The van der Waals surface area contributed by atoms with Gasteiger partial charge in [-0.1, -0.05) is 61.4 Å². The van der Waals surface area contributed by atoms with Crippen LogP contribution in [0.25, 0.3) is 5.57 Å². The van der Waals surface area contributed by atoms with Crippen molar-refractivity contribution in [2.45, 2.75) is 45.4 Å². The molecule has 0 aliphatic heterocycles. The molecule has 0 fully saturated rings. The van der Waals surface area contributed by atoms with Crippen molar-refractivity contribution < 1.29 is 0 Å². The molecule has 1 aromatic rings. The SMILES string of the molecule is CCC/C=C1/C2=C(CCC=C2)CCc2ccccc21. The summed E-state index contributed by atoms with van der Waals surface area (Å²) in [5.41, 5.74) is 7.66. The molecule has 0 saturated heterocycles. The second kappa shape index (κ2) is 5.61. The highest BCUT2D eigenvalue weighted by molar-refractivity contribution is 5.85. The molecule has 0 atom stereocenters. The van der Waals surface area contributed by atoms with E-state index in [2.05, 4.69) is 49.4 Å². The average molecular weight is 250 g/mol. The summed E-state index contributed by atoms with van der Waals surface area (Å²) in [5, 5.41) is 0. The first-order valence-electron chi connectivity index (χ1n) is 7.57. The molecule has 0 saturated carbocycles. The van der Waals surface area contributed by atoms with Crippen LogP contribution in [0.2, 0.25) is 0 Å². The first-order chi connectivity index (χ1) is 9.40. The standard InChI is InChI=1S/C19H22/c1-2-3-10-19-17-11-6-4-8-15(17)13-14-16-9-5-7-12-18(16)19/h4,6-8,10-12H,2-3,5,9,13-14H2,1H3/b19-10+. The summed E-state index contributed by atoms with van der Waals surface area (Å²) >= 11 is 0. The fraction of sp³-hybridized carbons (Fsp3) is 0.368. The maximum absolute atomic E-state index is 2.45. The lowest BCUT2D eigenvalue weighted by Gasteiger charge is -2.16. The lowest BCUT2D eigenvalue weighted by atomic mass is 9.88. The molecule has 3 rings (SSSR count). The second-order valence-corrected chi connectivity index (χ2v) is 5.52. The van der Waals surface area contributed by atoms with Crippen LogP contribution in [0.4, 0.5) is 0 Å². The Hall–Kier alpha value is -1.56. The van der Waals surface area contributed by atoms with Crippen LogP contribution in [0.15, 0.2) is 53.6 Å². The molecule has 98 valence electrons. The predicted octanol–water partition coefficient (Wildman–Crippen LogP) is 5.46. The molecule has 0 N–H and O–H groups in total. The van der Waals surface area contributed by atoms with Crippen molar-refractivity contribution in [1.82, 2.24) is 0 Å². The van der Waals surface area contributed by atoms with E-state index in [0.29, 0.717) is 0 Å². The van der Waals surface area contributed by atoms with Gasteiger partial charge in [0.25, 0.3) is 0 Å². The molecular formula is C19H22.